The number of rotatable bonds is 6. The molecule has 0 amide bonds. The van der Waals surface area contributed by atoms with E-state index in [1.165, 1.54) is 24.3 Å². The van der Waals surface area contributed by atoms with E-state index in [0.717, 1.165) is 6.08 Å². The van der Waals surface area contributed by atoms with E-state index in [9.17, 15) is 9.59 Å². The van der Waals surface area contributed by atoms with Crippen LogP contribution in [-0.4, -0.2) is 38.8 Å². The molecule has 0 bridgehead atoms. The molecular weight excluding hydrogens is 348 g/mol. The first-order chi connectivity index (χ1) is 11.9. The van der Waals surface area contributed by atoms with Crippen LogP contribution in [0, 0.1) is 5.92 Å². The van der Waals surface area contributed by atoms with E-state index in [4.69, 9.17) is 16.3 Å². The molecule has 2 aromatic heterocycles. The van der Waals surface area contributed by atoms with Crippen LogP contribution in [0.4, 0.5) is 0 Å². The number of aromatic nitrogens is 4. The molecule has 0 fully saturated rings. The van der Waals surface area contributed by atoms with Crippen LogP contribution in [0.3, 0.4) is 0 Å². The molecule has 0 unspecified atom stereocenters. The zero-order valence-corrected chi connectivity index (χ0v) is 14.7. The minimum atomic E-state index is -0.767. The maximum Gasteiger partial charge on any atom is 0.339 e. The zero-order valence-electron chi connectivity index (χ0n) is 14.0. The van der Waals surface area contributed by atoms with Crippen molar-refractivity contribution < 1.29 is 19.1 Å². The average molecular weight is 365 g/mol. The fourth-order valence-electron chi connectivity index (χ4n) is 1.84. The lowest BCUT2D eigenvalue weighted by Gasteiger charge is -2.02. The van der Waals surface area contributed by atoms with Crippen molar-refractivity contribution in [2.24, 2.45) is 5.92 Å². The fraction of sp³-hybridized carbons (Fsp3) is 0.312. The van der Waals surface area contributed by atoms with Gasteiger partial charge in [0.15, 0.2) is 5.82 Å². The first-order valence-electron chi connectivity index (χ1n) is 7.43. The Morgan fingerprint density at radius 2 is 2.12 bits per heavy atom. The van der Waals surface area contributed by atoms with Crippen LogP contribution in [0.2, 0.25) is 5.15 Å². The first kappa shape index (κ1) is 18.6. The number of ether oxygens (including phenoxy) is 2. The molecule has 0 aliphatic carbocycles. The Bertz CT molecular complexity index is 801. The zero-order chi connectivity index (χ0) is 18.4. The molecule has 132 valence electrons. The second-order valence-corrected chi connectivity index (χ2v) is 5.86. The lowest BCUT2D eigenvalue weighted by Crippen LogP contribution is -2.12. The predicted molar refractivity (Wildman–Crippen MR) is 90.7 cm³/mol. The molecular formula is C16H17ClN4O4. The topological polar surface area (TPSA) is 96.2 Å². The molecule has 2 rings (SSSR count). The number of pyridine rings is 1. The van der Waals surface area contributed by atoms with Crippen LogP contribution in [0.15, 0.2) is 24.5 Å². The Balaban J connectivity index is 2.05. The molecule has 2 heterocycles. The molecule has 2 aromatic rings. The summed E-state index contributed by atoms with van der Waals surface area (Å²) in [5.74, 6) is -0.511. The number of halogens is 1. The third-order valence-electron chi connectivity index (χ3n) is 2.90. The summed E-state index contributed by atoms with van der Waals surface area (Å²) in [7, 11) is 1.48. The molecule has 0 atom stereocenters. The van der Waals surface area contributed by atoms with Gasteiger partial charge in [-0.15, -0.1) is 5.10 Å². The van der Waals surface area contributed by atoms with E-state index in [1.54, 1.807) is 12.1 Å². The summed E-state index contributed by atoms with van der Waals surface area (Å²) >= 11 is 5.91. The van der Waals surface area contributed by atoms with Crippen molar-refractivity contribution in [2.45, 2.75) is 20.3 Å². The maximum atomic E-state index is 11.6. The predicted octanol–water partition coefficient (Wildman–Crippen LogP) is 2.59. The molecule has 0 spiro atoms. The molecule has 0 saturated carbocycles. The molecule has 0 aliphatic heterocycles. The van der Waals surface area contributed by atoms with E-state index in [0.29, 0.717) is 17.3 Å². The molecule has 9 heteroatoms. The summed E-state index contributed by atoms with van der Waals surface area (Å²) in [6.45, 7) is 3.72. The van der Waals surface area contributed by atoms with Gasteiger partial charge in [0.1, 0.15) is 11.5 Å². The van der Waals surface area contributed by atoms with Crippen molar-refractivity contribution in [2.75, 3.05) is 7.11 Å². The van der Waals surface area contributed by atoms with Gasteiger partial charge in [0.25, 0.3) is 0 Å². The molecule has 25 heavy (non-hydrogen) atoms. The van der Waals surface area contributed by atoms with Crippen LogP contribution in [0.25, 0.3) is 17.6 Å². The summed E-state index contributed by atoms with van der Waals surface area (Å²) < 4.78 is 11.0. The van der Waals surface area contributed by atoms with E-state index in [-0.39, 0.29) is 17.5 Å². The number of esters is 2. The third-order valence-corrected chi connectivity index (χ3v) is 3.09. The van der Waals surface area contributed by atoms with Gasteiger partial charge in [-0.2, -0.15) is 0 Å². The van der Waals surface area contributed by atoms with E-state index < -0.39 is 11.9 Å². The Kier molecular flexibility index (Phi) is 6.24. The SMILES string of the molecule is COc1cc(-c2ncn(/C=C\C(=O)OC(=O)CC(C)C)n2)cc(Cl)n1. The number of methoxy groups -OCH3 is 1. The van der Waals surface area contributed by atoms with E-state index in [2.05, 4.69) is 19.8 Å². The summed E-state index contributed by atoms with van der Waals surface area (Å²) in [6.07, 6.45) is 4.01. The maximum absolute atomic E-state index is 11.6. The largest absolute Gasteiger partial charge is 0.481 e. The summed E-state index contributed by atoms with van der Waals surface area (Å²) in [6, 6.07) is 3.22. The Morgan fingerprint density at radius 3 is 2.80 bits per heavy atom. The van der Waals surface area contributed by atoms with Crippen LogP contribution >= 0.6 is 11.6 Å². The minimum Gasteiger partial charge on any atom is -0.481 e. The monoisotopic (exact) mass is 364 g/mol. The summed E-state index contributed by atoms with van der Waals surface area (Å²) in [5.41, 5.74) is 0.610. The van der Waals surface area contributed by atoms with Gasteiger partial charge >= 0.3 is 11.9 Å². The van der Waals surface area contributed by atoms with Gasteiger partial charge in [0.05, 0.1) is 7.11 Å². The van der Waals surface area contributed by atoms with Crippen LogP contribution in [0.1, 0.15) is 20.3 Å². The van der Waals surface area contributed by atoms with Crippen molar-refractivity contribution in [3.8, 4) is 17.3 Å². The van der Waals surface area contributed by atoms with Gasteiger partial charge in [0.2, 0.25) is 5.88 Å². The lowest BCUT2D eigenvalue weighted by atomic mass is 10.1. The number of nitrogens with zero attached hydrogens (tertiary/aromatic N) is 4. The normalized spacial score (nSPS) is 11.1. The second kappa shape index (κ2) is 8.39. The van der Waals surface area contributed by atoms with Crippen molar-refractivity contribution >= 4 is 29.7 Å². The Labute approximate surface area is 149 Å². The summed E-state index contributed by atoms with van der Waals surface area (Å²) in [5, 5.41) is 4.42. The van der Waals surface area contributed by atoms with Crippen LogP contribution in [-0.2, 0) is 14.3 Å². The highest BCUT2D eigenvalue weighted by atomic mass is 35.5. The van der Waals surface area contributed by atoms with E-state index in [1.807, 2.05) is 13.8 Å². The second-order valence-electron chi connectivity index (χ2n) is 5.48. The highest BCUT2D eigenvalue weighted by molar-refractivity contribution is 6.29. The quantitative estimate of drug-likeness (QED) is 0.336. The Morgan fingerprint density at radius 1 is 1.36 bits per heavy atom. The summed E-state index contributed by atoms with van der Waals surface area (Å²) in [4.78, 5) is 31.1. The minimum absolute atomic E-state index is 0.117. The molecule has 0 N–H and O–H groups in total. The van der Waals surface area contributed by atoms with Crippen molar-refractivity contribution in [3.63, 3.8) is 0 Å². The highest BCUT2D eigenvalue weighted by Crippen LogP contribution is 2.22. The van der Waals surface area contributed by atoms with Crippen molar-refractivity contribution in [1.82, 2.24) is 19.7 Å². The third kappa shape index (κ3) is 5.68. The van der Waals surface area contributed by atoms with Gasteiger partial charge in [-0.3, -0.25) is 4.79 Å². The number of carbonyl (C=O) groups is 2. The molecule has 0 aromatic carbocycles. The fourth-order valence-corrected chi connectivity index (χ4v) is 2.04. The van der Waals surface area contributed by atoms with Crippen LogP contribution in [0.5, 0.6) is 5.88 Å². The van der Waals surface area contributed by atoms with Gasteiger partial charge in [0, 0.05) is 30.3 Å². The first-order valence-corrected chi connectivity index (χ1v) is 7.81. The van der Waals surface area contributed by atoms with Gasteiger partial charge < -0.3 is 9.47 Å². The lowest BCUT2D eigenvalue weighted by molar-refractivity contribution is -0.156. The van der Waals surface area contributed by atoms with Gasteiger partial charge in [-0.1, -0.05) is 25.4 Å². The molecule has 0 saturated heterocycles. The van der Waals surface area contributed by atoms with Crippen molar-refractivity contribution in [3.05, 3.63) is 29.7 Å². The Hall–Kier alpha value is -2.74. The average Bonchev–Trinajstić information content (AvgIpc) is 3.00. The number of carbonyl (C=O) groups excluding carboxylic acids is 2. The van der Waals surface area contributed by atoms with Crippen molar-refractivity contribution in [1.29, 1.82) is 0 Å². The van der Waals surface area contributed by atoms with Gasteiger partial charge in [-0.05, 0) is 12.0 Å². The van der Waals surface area contributed by atoms with Crippen LogP contribution < -0.4 is 4.74 Å². The standard InChI is InChI=1S/C16H17ClN4O4/c1-10(2)6-15(23)25-14(22)4-5-21-9-18-16(20-21)11-7-12(17)19-13(8-11)24-3/h4-5,7-10H,6H2,1-3H3/b5-4-. The van der Waals surface area contributed by atoms with Gasteiger partial charge in [-0.25, -0.2) is 19.4 Å². The smallest absolute Gasteiger partial charge is 0.339 e. The molecule has 0 aliphatic rings. The number of hydrogen-bond donors (Lipinski definition) is 0. The van der Waals surface area contributed by atoms with E-state index >= 15 is 0 Å². The molecule has 0 radical (unpaired) electrons. The number of hydrogen-bond acceptors (Lipinski definition) is 7. The molecule has 8 nitrogen and oxygen atoms in total. The highest BCUT2D eigenvalue weighted by Gasteiger charge is 2.11.